The summed E-state index contributed by atoms with van der Waals surface area (Å²) in [5, 5.41) is 20.4. The third-order valence-corrected chi connectivity index (χ3v) is 4.58. The van der Waals surface area contributed by atoms with Gasteiger partial charge in [-0.2, -0.15) is 0 Å². The minimum Gasteiger partial charge on any atom is -0.508 e. The molecule has 0 aliphatic carbocycles. The van der Waals surface area contributed by atoms with E-state index in [-0.39, 0.29) is 17.1 Å². The first-order valence-corrected chi connectivity index (χ1v) is 8.67. The van der Waals surface area contributed by atoms with Crippen molar-refractivity contribution in [1.29, 1.82) is 0 Å². The number of amides is 1. The van der Waals surface area contributed by atoms with Crippen LogP contribution in [0.15, 0.2) is 60.2 Å². The van der Waals surface area contributed by atoms with Crippen LogP contribution >= 0.6 is 0 Å². The number of ketones is 1. The van der Waals surface area contributed by atoms with E-state index in [2.05, 4.69) is 0 Å². The van der Waals surface area contributed by atoms with Gasteiger partial charge in [-0.15, -0.1) is 0 Å². The lowest BCUT2D eigenvalue weighted by molar-refractivity contribution is -0.140. The highest BCUT2D eigenvalue weighted by atomic mass is 16.3. The standard InChI is InChI=1S/C21H22N2O4/c1-22(2)12-13-23-18(14-8-10-16(24)11-9-14)17(20(26)21(23)27)19(25)15-6-4-3-5-7-15/h3-11,18,24-25H,12-13H2,1-2H3. The molecule has 6 nitrogen and oxygen atoms in total. The van der Waals surface area contributed by atoms with Crippen LogP contribution in [0, 0.1) is 0 Å². The normalized spacial score (nSPS) is 19.1. The SMILES string of the molecule is CN(C)CCN1C(=O)C(=O)C(=C(O)c2ccccc2)C1c1ccc(O)cc1. The Kier molecular flexibility index (Phi) is 5.28. The van der Waals surface area contributed by atoms with Gasteiger partial charge in [-0.05, 0) is 31.8 Å². The Morgan fingerprint density at radius 3 is 2.26 bits per heavy atom. The maximum Gasteiger partial charge on any atom is 0.295 e. The van der Waals surface area contributed by atoms with Crippen molar-refractivity contribution in [2.24, 2.45) is 0 Å². The largest absolute Gasteiger partial charge is 0.508 e. The minimum atomic E-state index is -0.703. The fourth-order valence-electron chi connectivity index (χ4n) is 3.17. The smallest absolute Gasteiger partial charge is 0.295 e. The van der Waals surface area contributed by atoms with Crippen LogP contribution in [0.3, 0.4) is 0 Å². The summed E-state index contributed by atoms with van der Waals surface area (Å²) >= 11 is 0. The summed E-state index contributed by atoms with van der Waals surface area (Å²) in [5.74, 6) is -1.44. The summed E-state index contributed by atoms with van der Waals surface area (Å²) < 4.78 is 0. The number of aliphatic hydroxyl groups excluding tert-OH is 1. The second-order valence-electron chi connectivity index (χ2n) is 6.75. The molecule has 27 heavy (non-hydrogen) atoms. The molecule has 3 rings (SSSR count). The third kappa shape index (κ3) is 3.71. The van der Waals surface area contributed by atoms with Crippen molar-refractivity contribution in [2.45, 2.75) is 6.04 Å². The van der Waals surface area contributed by atoms with Crippen LogP contribution in [0.5, 0.6) is 5.75 Å². The highest BCUT2D eigenvalue weighted by Gasteiger charge is 2.45. The van der Waals surface area contributed by atoms with Gasteiger partial charge in [0, 0.05) is 18.7 Å². The lowest BCUT2D eigenvalue weighted by Crippen LogP contribution is -2.35. The van der Waals surface area contributed by atoms with Crippen molar-refractivity contribution in [3.63, 3.8) is 0 Å². The predicted molar refractivity (Wildman–Crippen MR) is 102 cm³/mol. The first-order valence-electron chi connectivity index (χ1n) is 8.67. The predicted octanol–water partition coefficient (Wildman–Crippen LogP) is 2.38. The average molecular weight is 366 g/mol. The van der Waals surface area contributed by atoms with E-state index in [1.165, 1.54) is 17.0 Å². The zero-order valence-electron chi connectivity index (χ0n) is 15.3. The Morgan fingerprint density at radius 1 is 1.04 bits per heavy atom. The number of likely N-dealkylation sites (N-methyl/N-ethyl adjacent to an activating group) is 1. The highest BCUT2D eigenvalue weighted by Crippen LogP contribution is 2.39. The molecule has 1 heterocycles. The molecule has 6 heteroatoms. The molecule has 1 aliphatic heterocycles. The summed E-state index contributed by atoms with van der Waals surface area (Å²) in [4.78, 5) is 28.8. The van der Waals surface area contributed by atoms with E-state index in [9.17, 15) is 19.8 Å². The molecular weight excluding hydrogens is 344 g/mol. The van der Waals surface area contributed by atoms with Crippen molar-refractivity contribution in [2.75, 3.05) is 27.2 Å². The Bertz CT molecular complexity index is 873. The van der Waals surface area contributed by atoms with Crippen molar-refractivity contribution in [3.8, 4) is 5.75 Å². The number of likely N-dealkylation sites (tertiary alicyclic amines) is 1. The second-order valence-corrected chi connectivity index (χ2v) is 6.75. The zero-order valence-corrected chi connectivity index (χ0v) is 15.3. The molecule has 1 unspecified atom stereocenters. The quantitative estimate of drug-likeness (QED) is 0.482. The first-order chi connectivity index (χ1) is 12.9. The molecule has 1 saturated heterocycles. The van der Waals surface area contributed by atoms with Gasteiger partial charge in [0.05, 0.1) is 11.6 Å². The Balaban J connectivity index is 2.13. The molecule has 1 fully saturated rings. The highest BCUT2D eigenvalue weighted by molar-refractivity contribution is 6.46. The van der Waals surface area contributed by atoms with E-state index in [0.29, 0.717) is 24.2 Å². The summed E-state index contributed by atoms with van der Waals surface area (Å²) in [6.45, 7) is 0.918. The molecule has 2 N–H and O–H groups in total. The van der Waals surface area contributed by atoms with Gasteiger partial charge in [0.1, 0.15) is 11.5 Å². The second kappa shape index (κ2) is 7.63. The van der Waals surface area contributed by atoms with Gasteiger partial charge in [-0.3, -0.25) is 9.59 Å². The fraction of sp³-hybridized carbons (Fsp3) is 0.238. The average Bonchev–Trinajstić information content (AvgIpc) is 2.91. The summed E-state index contributed by atoms with van der Waals surface area (Å²) in [6.07, 6.45) is 0. The number of hydrogen-bond donors (Lipinski definition) is 2. The van der Waals surface area contributed by atoms with Gasteiger partial charge in [-0.1, -0.05) is 42.5 Å². The van der Waals surface area contributed by atoms with Crippen molar-refractivity contribution >= 4 is 17.4 Å². The summed E-state index contributed by atoms with van der Waals surface area (Å²) in [5.41, 5.74) is 1.20. The molecule has 1 aliphatic rings. The maximum absolute atomic E-state index is 12.8. The first kappa shape index (κ1) is 18.7. The summed E-state index contributed by atoms with van der Waals surface area (Å²) in [7, 11) is 3.77. The van der Waals surface area contributed by atoms with E-state index in [1.54, 1.807) is 36.4 Å². The van der Waals surface area contributed by atoms with Crippen molar-refractivity contribution in [1.82, 2.24) is 9.80 Å². The molecule has 1 amide bonds. The molecule has 1 atom stereocenters. The molecule has 0 saturated carbocycles. The van der Waals surface area contributed by atoms with Gasteiger partial charge in [0.2, 0.25) is 0 Å². The fourth-order valence-corrected chi connectivity index (χ4v) is 3.17. The Morgan fingerprint density at radius 2 is 1.67 bits per heavy atom. The molecule has 0 radical (unpaired) electrons. The van der Waals surface area contributed by atoms with Gasteiger partial charge >= 0.3 is 0 Å². The van der Waals surface area contributed by atoms with Crippen LogP contribution in [0.1, 0.15) is 17.2 Å². The van der Waals surface area contributed by atoms with Crippen LogP contribution in [0.25, 0.3) is 5.76 Å². The zero-order chi connectivity index (χ0) is 19.6. The topological polar surface area (TPSA) is 81.1 Å². The lowest BCUT2D eigenvalue weighted by atomic mass is 9.95. The third-order valence-electron chi connectivity index (χ3n) is 4.58. The Hall–Kier alpha value is -3.12. The van der Waals surface area contributed by atoms with Crippen LogP contribution in [-0.4, -0.2) is 58.9 Å². The van der Waals surface area contributed by atoms with Gasteiger partial charge in [0.15, 0.2) is 0 Å². The number of phenolic OH excluding ortho intramolecular Hbond substituents is 1. The lowest BCUT2D eigenvalue weighted by Gasteiger charge is -2.26. The number of phenols is 1. The maximum atomic E-state index is 12.8. The van der Waals surface area contributed by atoms with Crippen LogP contribution in [-0.2, 0) is 9.59 Å². The number of aliphatic hydroxyl groups is 1. The molecule has 0 spiro atoms. The Labute approximate surface area is 158 Å². The number of benzene rings is 2. The monoisotopic (exact) mass is 366 g/mol. The molecular formula is C21H22N2O4. The number of carbonyl (C=O) groups excluding carboxylic acids is 2. The number of nitrogens with zero attached hydrogens (tertiary/aromatic N) is 2. The molecule has 0 aromatic heterocycles. The summed E-state index contributed by atoms with van der Waals surface area (Å²) in [6, 6.07) is 14.3. The van der Waals surface area contributed by atoms with Crippen molar-refractivity contribution < 1.29 is 19.8 Å². The van der Waals surface area contributed by atoms with Crippen LogP contribution < -0.4 is 0 Å². The van der Waals surface area contributed by atoms with E-state index < -0.39 is 17.7 Å². The number of rotatable bonds is 5. The number of aromatic hydroxyl groups is 1. The van der Waals surface area contributed by atoms with E-state index in [4.69, 9.17) is 0 Å². The van der Waals surface area contributed by atoms with E-state index >= 15 is 0 Å². The number of hydrogen-bond acceptors (Lipinski definition) is 5. The number of Topliss-reactive ketones (excluding diaryl/α,β-unsaturated/α-hetero) is 1. The molecule has 2 aromatic carbocycles. The van der Waals surface area contributed by atoms with Gasteiger partial charge in [0.25, 0.3) is 11.7 Å². The van der Waals surface area contributed by atoms with Crippen molar-refractivity contribution in [3.05, 3.63) is 71.3 Å². The van der Waals surface area contributed by atoms with Gasteiger partial charge in [-0.25, -0.2) is 0 Å². The minimum absolute atomic E-state index is 0.0654. The molecule has 2 aromatic rings. The van der Waals surface area contributed by atoms with Crippen LogP contribution in [0.2, 0.25) is 0 Å². The molecule has 140 valence electrons. The molecule has 0 bridgehead atoms. The van der Waals surface area contributed by atoms with Gasteiger partial charge < -0.3 is 20.0 Å². The van der Waals surface area contributed by atoms with E-state index in [1.807, 2.05) is 25.1 Å². The van der Waals surface area contributed by atoms with Crippen LogP contribution in [0.4, 0.5) is 0 Å². The van der Waals surface area contributed by atoms with E-state index in [0.717, 1.165) is 0 Å². The number of carbonyl (C=O) groups is 2.